The fourth-order valence-electron chi connectivity index (χ4n) is 3.81. The molecular weight excluding hydrogens is 430 g/mol. The molecule has 6 heteroatoms. The summed E-state index contributed by atoms with van der Waals surface area (Å²) < 4.78 is 0. The summed E-state index contributed by atoms with van der Waals surface area (Å²) >= 11 is 1.50. The van der Waals surface area contributed by atoms with E-state index in [4.69, 9.17) is 0 Å². The lowest BCUT2D eigenvalue weighted by Crippen LogP contribution is -2.21. The SMILES string of the molecule is Cc1nc(SCc2ccccc2)[nH]c(=O)c1CCC(=O)Nc1c(C(C)C)cccc1C(C)C. The predicted molar refractivity (Wildman–Crippen MR) is 137 cm³/mol. The van der Waals surface area contributed by atoms with Crippen LogP contribution in [0.25, 0.3) is 0 Å². The number of benzene rings is 2. The molecule has 3 aromatic rings. The van der Waals surface area contributed by atoms with Crippen LogP contribution < -0.4 is 10.9 Å². The number of thioether (sulfide) groups is 1. The zero-order valence-corrected chi connectivity index (χ0v) is 20.9. The highest BCUT2D eigenvalue weighted by molar-refractivity contribution is 7.98. The molecule has 0 aliphatic heterocycles. The summed E-state index contributed by atoms with van der Waals surface area (Å²) in [6.45, 7) is 10.3. The Balaban J connectivity index is 1.68. The minimum atomic E-state index is -0.170. The average Bonchev–Trinajstić information content (AvgIpc) is 2.77. The van der Waals surface area contributed by atoms with Gasteiger partial charge in [-0.3, -0.25) is 9.59 Å². The van der Waals surface area contributed by atoms with Gasteiger partial charge in [0.15, 0.2) is 5.16 Å². The third-order valence-electron chi connectivity index (χ3n) is 5.66. The van der Waals surface area contributed by atoms with Gasteiger partial charge in [-0.25, -0.2) is 4.98 Å². The van der Waals surface area contributed by atoms with E-state index in [0.717, 1.165) is 22.6 Å². The molecule has 0 unspecified atom stereocenters. The summed E-state index contributed by atoms with van der Waals surface area (Å²) in [4.78, 5) is 33.0. The molecule has 0 fully saturated rings. The number of carbonyl (C=O) groups is 1. The van der Waals surface area contributed by atoms with E-state index in [2.05, 4.69) is 55.1 Å². The van der Waals surface area contributed by atoms with Crippen LogP contribution in [0.2, 0.25) is 0 Å². The van der Waals surface area contributed by atoms with E-state index in [1.165, 1.54) is 17.3 Å². The topological polar surface area (TPSA) is 74.8 Å². The second-order valence-corrected chi connectivity index (χ2v) is 9.84. The quantitative estimate of drug-likeness (QED) is 0.293. The van der Waals surface area contributed by atoms with Crippen LogP contribution >= 0.6 is 11.8 Å². The molecule has 1 amide bonds. The Labute approximate surface area is 200 Å². The molecule has 0 aliphatic rings. The van der Waals surface area contributed by atoms with Gasteiger partial charge in [0.2, 0.25) is 5.91 Å². The Morgan fingerprint density at radius 3 is 2.21 bits per heavy atom. The van der Waals surface area contributed by atoms with Gasteiger partial charge in [0, 0.05) is 29.1 Å². The number of aromatic nitrogens is 2. The maximum Gasteiger partial charge on any atom is 0.254 e. The van der Waals surface area contributed by atoms with Crippen molar-refractivity contribution in [3.63, 3.8) is 0 Å². The molecule has 0 radical (unpaired) electrons. The number of rotatable bonds is 9. The lowest BCUT2D eigenvalue weighted by molar-refractivity contribution is -0.116. The van der Waals surface area contributed by atoms with Crippen LogP contribution in [0.15, 0.2) is 58.5 Å². The van der Waals surface area contributed by atoms with Crippen LogP contribution in [-0.4, -0.2) is 15.9 Å². The van der Waals surface area contributed by atoms with Crippen molar-refractivity contribution >= 4 is 23.4 Å². The lowest BCUT2D eigenvalue weighted by atomic mass is 9.92. The Hall–Kier alpha value is -2.86. The largest absolute Gasteiger partial charge is 0.326 e. The molecule has 2 N–H and O–H groups in total. The van der Waals surface area contributed by atoms with E-state index in [1.807, 2.05) is 43.3 Å². The van der Waals surface area contributed by atoms with Gasteiger partial charge >= 0.3 is 0 Å². The van der Waals surface area contributed by atoms with Gasteiger partial charge in [0.25, 0.3) is 5.56 Å². The normalized spacial score (nSPS) is 11.2. The first kappa shape index (κ1) is 24.8. The van der Waals surface area contributed by atoms with E-state index < -0.39 is 0 Å². The van der Waals surface area contributed by atoms with Crippen molar-refractivity contribution in [1.82, 2.24) is 9.97 Å². The van der Waals surface area contributed by atoms with Crippen molar-refractivity contribution in [3.05, 3.63) is 86.8 Å². The monoisotopic (exact) mass is 463 g/mol. The maximum absolute atomic E-state index is 12.8. The van der Waals surface area contributed by atoms with Crippen molar-refractivity contribution in [3.8, 4) is 0 Å². The Kier molecular flexibility index (Phi) is 8.50. The van der Waals surface area contributed by atoms with Crippen molar-refractivity contribution < 1.29 is 4.79 Å². The molecule has 0 bridgehead atoms. The van der Waals surface area contributed by atoms with E-state index in [-0.39, 0.29) is 17.9 Å². The van der Waals surface area contributed by atoms with Gasteiger partial charge in [-0.1, -0.05) is 88.0 Å². The van der Waals surface area contributed by atoms with E-state index in [1.54, 1.807) is 0 Å². The van der Waals surface area contributed by atoms with Gasteiger partial charge in [0.1, 0.15) is 0 Å². The maximum atomic E-state index is 12.8. The summed E-state index contributed by atoms with van der Waals surface area (Å²) in [6, 6.07) is 16.2. The number of carbonyl (C=O) groups excluding carboxylic acids is 1. The molecule has 0 atom stereocenters. The minimum Gasteiger partial charge on any atom is -0.326 e. The summed E-state index contributed by atoms with van der Waals surface area (Å²) in [5.41, 5.74) is 5.41. The zero-order valence-electron chi connectivity index (χ0n) is 20.1. The molecule has 0 aliphatic carbocycles. The van der Waals surface area contributed by atoms with Crippen LogP contribution in [0.4, 0.5) is 5.69 Å². The number of hydrogen-bond acceptors (Lipinski definition) is 4. The highest BCUT2D eigenvalue weighted by Crippen LogP contribution is 2.32. The number of hydrogen-bond donors (Lipinski definition) is 2. The number of aryl methyl sites for hydroxylation is 1. The minimum absolute atomic E-state index is 0.0914. The van der Waals surface area contributed by atoms with Crippen molar-refractivity contribution in [2.24, 2.45) is 0 Å². The first-order valence-electron chi connectivity index (χ1n) is 11.5. The Morgan fingerprint density at radius 1 is 1.00 bits per heavy atom. The van der Waals surface area contributed by atoms with Crippen LogP contribution in [-0.2, 0) is 17.0 Å². The molecule has 2 aromatic carbocycles. The summed E-state index contributed by atoms with van der Waals surface area (Å²) in [5, 5.41) is 3.72. The van der Waals surface area contributed by atoms with Crippen molar-refractivity contribution in [1.29, 1.82) is 0 Å². The first-order chi connectivity index (χ1) is 15.8. The molecule has 0 saturated carbocycles. The van der Waals surface area contributed by atoms with Gasteiger partial charge < -0.3 is 10.3 Å². The first-order valence-corrected chi connectivity index (χ1v) is 12.4. The van der Waals surface area contributed by atoms with E-state index in [0.29, 0.717) is 34.7 Å². The molecule has 5 nitrogen and oxygen atoms in total. The van der Waals surface area contributed by atoms with Crippen LogP contribution in [0, 0.1) is 6.92 Å². The van der Waals surface area contributed by atoms with Crippen molar-refractivity contribution in [2.75, 3.05) is 5.32 Å². The fourth-order valence-corrected chi connectivity index (χ4v) is 4.67. The van der Waals surface area contributed by atoms with Gasteiger partial charge in [-0.2, -0.15) is 0 Å². The fraction of sp³-hybridized carbons (Fsp3) is 0.370. The molecule has 3 rings (SSSR count). The Morgan fingerprint density at radius 2 is 1.64 bits per heavy atom. The third-order valence-corrected chi connectivity index (χ3v) is 6.60. The number of nitrogens with one attached hydrogen (secondary N) is 2. The third kappa shape index (κ3) is 6.57. The van der Waals surface area contributed by atoms with Crippen molar-refractivity contribution in [2.45, 2.75) is 70.2 Å². The smallest absolute Gasteiger partial charge is 0.254 e. The lowest BCUT2D eigenvalue weighted by Gasteiger charge is -2.20. The molecule has 33 heavy (non-hydrogen) atoms. The van der Waals surface area contributed by atoms with Crippen LogP contribution in [0.1, 0.15) is 73.9 Å². The molecule has 0 spiro atoms. The molecule has 174 valence electrons. The van der Waals surface area contributed by atoms with Gasteiger partial charge in [0.05, 0.1) is 0 Å². The van der Waals surface area contributed by atoms with Crippen LogP contribution in [0.3, 0.4) is 0 Å². The second kappa shape index (κ2) is 11.3. The molecule has 1 heterocycles. The average molecular weight is 464 g/mol. The number of nitrogens with zero attached hydrogens (tertiary/aromatic N) is 1. The number of anilines is 1. The highest BCUT2D eigenvalue weighted by atomic mass is 32.2. The molecule has 0 saturated heterocycles. The zero-order chi connectivity index (χ0) is 24.0. The summed E-state index contributed by atoms with van der Waals surface area (Å²) in [6.07, 6.45) is 0.580. The van der Waals surface area contributed by atoms with Gasteiger partial charge in [-0.15, -0.1) is 0 Å². The standard InChI is InChI=1S/C27H33N3O2S/c1-17(2)21-12-9-13-22(18(3)4)25(21)29-24(31)15-14-23-19(5)28-27(30-26(23)32)33-16-20-10-7-6-8-11-20/h6-13,17-18H,14-16H2,1-5H3,(H,29,31)(H,28,30,32). The molecular formula is C27H33N3O2S. The van der Waals surface area contributed by atoms with E-state index >= 15 is 0 Å². The second-order valence-electron chi connectivity index (χ2n) is 8.88. The highest BCUT2D eigenvalue weighted by Gasteiger charge is 2.17. The number of aromatic amines is 1. The van der Waals surface area contributed by atoms with Crippen LogP contribution in [0.5, 0.6) is 0 Å². The predicted octanol–water partition coefficient (Wildman–Crippen LogP) is 6.19. The molecule has 1 aromatic heterocycles. The number of H-pyrrole nitrogens is 1. The summed E-state index contributed by atoms with van der Waals surface area (Å²) in [7, 11) is 0. The summed E-state index contributed by atoms with van der Waals surface area (Å²) in [5.74, 6) is 1.24. The number of amides is 1. The van der Waals surface area contributed by atoms with Gasteiger partial charge in [-0.05, 0) is 41.9 Å². The number of para-hydroxylation sites is 1. The Bertz CT molecular complexity index is 1130. The van der Waals surface area contributed by atoms with E-state index in [9.17, 15) is 9.59 Å².